The van der Waals surface area contributed by atoms with Gasteiger partial charge in [0, 0.05) is 17.1 Å². The van der Waals surface area contributed by atoms with Crippen molar-refractivity contribution in [3.8, 4) is 23.2 Å². The number of anilines is 1. The van der Waals surface area contributed by atoms with Crippen molar-refractivity contribution >= 4 is 26.9 Å². The number of rotatable bonds is 10. The van der Waals surface area contributed by atoms with Gasteiger partial charge in [0.2, 0.25) is 11.7 Å². The number of benzene rings is 1. The molecule has 3 heterocycles. The first kappa shape index (κ1) is 25.0. The average molecular weight is 531 g/mol. The van der Waals surface area contributed by atoms with Crippen LogP contribution in [0.5, 0.6) is 17.5 Å². The summed E-state index contributed by atoms with van der Waals surface area (Å²) < 4.78 is 95.8. The van der Waals surface area contributed by atoms with Crippen molar-refractivity contribution in [1.82, 2.24) is 29.9 Å². The number of aromatic nitrogens is 6. The maximum absolute atomic E-state index is 13.6. The van der Waals surface area contributed by atoms with E-state index in [2.05, 4.69) is 29.9 Å². The molecular formula is C19H17F4N7O5S. The summed E-state index contributed by atoms with van der Waals surface area (Å²) in [7, 11) is -2.11. The molecule has 0 saturated heterocycles. The van der Waals surface area contributed by atoms with Crippen LogP contribution in [0.1, 0.15) is 12.0 Å². The summed E-state index contributed by atoms with van der Waals surface area (Å²) in [5.74, 6) is -1.62. The Hall–Kier alpha value is -4.15. The van der Waals surface area contributed by atoms with Gasteiger partial charge in [0.25, 0.3) is 34.6 Å². The summed E-state index contributed by atoms with van der Waals surface area (Å²) >= 11 is 0. The SMILES string of the molecule is COc1nc(NS(=O)(=O)c2c[nH]c3c(-n4nccn4)c(C(F)F)ccc23)nc(OC)c1OCC(F)F. The minimum Gasteiger partial charge on any atom is -0.478 e. The molecule has 0 atom stereocenters. The first-order valence-electron chi connectivity index (χ1n) is 9.88. The molecule has 0 radical (unpaired) electrons. The molecule has 0 aliphatic rings. The predicted molar refractivity (Wildman–Crippen MR) is 116 cm³/mol. The molecule has 4 rings (SSSR count). The fraction of sp³-hybridized carbons (Fsp3) is 0.263. The fourth-order valence-electron chi connectivity index (χ4n) is 3.30. The van der Waals surface area contributed by atoms with E-state index < -0.39 is 41.0 Å². The van der Waals surface area contributed by atoms with Crippen LogP contribution >= 0.6 is 0 Å². The third kappa shape index (κ3) is 4.68. The molecule has 17 heteroatoms. The van der Waals surface area contributed by atoms with Crippen LogP contribution in [0.25, 0.3) is 16.6 Å². The highest BCUT2D eigenvalue weighted by atomic mass is 32.2. The number of halogens is 4. The predicted octanol–water partition coefficient (Wildman–Crippen LogP) is 2.94. The Labute approximate surface area is 200 Å². The molecule has 1 aromatic carbocycles. The molecule has 0 fully saturated rings. The van der Waals surface area contributed by atoms with Gasteiger partial charge in [-0.1, -0.05) is 12.1 Å². The number of aromatic amines is 1. The van der Waals surface area contributed by atoms with Crippen molar-refractivity contribution in [2.45, 2.75) is 17.7 Å². The van der Waals surface area contributed by atoms with Crippen LogP contribution in [0.2, 0.25) is 0 Å². The van der Waals surface area contributed by atoms with E-state index in [1.165, 1.54) is 18.5 Å². The average Bonchev–Trinajstić information content (AvgIpc) is 3.52. The fourth-order valence-corrected chi connectivity index (χ4v) is 4.41. The maximum atomic E-state index is 13.6. The van der Waals surface area contributed by atoms with Gasteiger partial charge < -0.3 is 19.2 Å². The second kappa shape index (κ2) is 9.84. The minimum absolute atomic E-state index is 0.0381. The molecule has 0 bridgehead atoms. The van der Waals surface area contributed by atoms with Crippen LogP contribution in [0.4, 0.5) is 23.5 Å². The Bertz CT molecular complexity index is 1450. The van der Waals surface area contributed by atoms with Gasteiger partial charge in [-0.2, -0.15) is 20.2 Å². The topological polar surface area (TPSA) is 146 Å². The summed E-state index contributed by atoms with van der Waals surface area (Å²) in [5.41, 5.74) is -0.514. The van der Waals surface area contributed by atoms with Crippen molar-refractivity contribution in [3.05, 3.63) is 36.3 Å². The Morgan fingerprint density at radius 1 is 1.06 bits per heavy atom. The van der Waals surface area contributed by atoms with Crippen molar-refractivity contribution in [2.75, 3.05) is 25.5 Å². The lowest BCUT2D eigenvalue weighted by molar-refractivity contribution is 0.0780. The Morgan fingerprint density at radius 3 is 2.25 bits per heavy atom. The summed E-state index contributed by atoms with van der Waals surface area (Å²) in [6, 6.07) is 2.27. The molecule has 12 nitrogen and oxygen atoms in total. The zero-order valence-corrected chi connectivity index (χ0v) is 19.3. The molecule has 0 spiro atoms. The van der Waals surface area contributed by atoms with Gasteiger partial charge in [-0.15, -0.1) is 4.80 Å². The lowest BCUT2D eigenvalue weighted by Gasteiger charge is -2.14. The van der Waals surface area contributed by atoms with E-state index in [0.29, 0.717) is 0 Å². The summed E-state index contributed by atoms with van der Waals surface area (Å²) in [6.07, 6.45) is -2.06. The van der Waals surface area contributed by atoms with Gasteiger partial charge in [-0.05, 0) is 0 Å². The number of alkyl halides is 4. The standard InChI is InChI=1S/C19H17F4N7O5S/c1-33-17-15(35-8-12(20)21)18(34-2)28-19(27-17)29-36(31,32)11-7-24-13-9(11)3-4-10(16(22)23)14(13)30-25-5-6-26-30/h3-7,12,16,24H,8H2,1-2H3,(H,27,28,29). The van der Waals surface area contributed by atoms with Crippen LogP contribution in [-0.4, -0.2) is 65.6 Å². The van der Waals surface area contributed by atoms with Crippen molar-refractivity contribution in [3.63, 3.8) is 0 Å². The second-order valence-electron chi connectivity index (χ2n) is 6.90. The highest BCUT2D eigenvalue weighted by Gasteiger charge is 2.27. The first-order valence-corrected chi connectivity index (χ1v) is 11.4. The van der Waals surface area contributed by atoms with Gasteiger partial charge in [-0.3, -0.25) is 0 Å². The summed E-state index contributed by atoms with van der Waals surface area (Å²) in [4.78, 5) is 11.0. The van der Waals surface area contributed by atoms with Crippen molar-refractivity contribution < 1.29 is 40.2 Å². The van der Waals surface area contributed by atoms with Gasteiger partial charge in [0.1, 0.15) is 17.2 Å². The number of nitrogens with one attached hydrogen (secondary N) is 2. The number of methoxy groups -OCH3 is 2. The molecule has 2 N–H and O–H groups in total. The smallest absolute Gasteiger partial charge is 0.272 e. The minimum atomic E-state index is -4.42. The van der Waals surface area contributed by atoms with Crippen LogP contribution in [0.3, 0.4) is 0 Å². The quantitative estimate of drug-likeness (QED) is 0.295. The highest BCUT2D eigenvalue weighted by molar-refractivity contribution is 7.93. The van der Waals surface area contributed by atoms with E-state index in [1.54, 1.807) is 0 Å². The number of H-pyrrole nitrogens is 1. The molecule has 0 aliphatic carbocycles. The second-order valence-corrected chi connectivity index (χ2v) is 8.55. The zero-order chi connectivity index (χ0) is 26.0. The van der Waals surface area contributed by atoms with Crippen LogP contribution in [0.15, 0.2) is 35.6 Å². The highest BCUT2D eigenvalue weighted by Crippen LogP contribution is 2.37. The molecule has 36 heavy (non-hydrogen) atoms. The number of hydrogen-bond acceptors (Lipinski definition) is 9. The van der Waals surface area contributed by atoms with Gasteiger partial charge >= 0.3 is 0 Å². The number of nitrogens with zero attached hydrogens (tertiary/aromatic N) is 5. The molecule has 0 amide bonds. The lowest BCUT2D eigenvalue weighted by Crippen LogP contribution is -2.16. The normalized spacial score (nSPS) is 11.9. The van der Waals surface area contributed by atoms with Crippen molar-refractivity contribution in [2.24, 2.45) is 0 Å². The molecular weight excluding hydrogens is 514 g/mol. The molecule has 3 aromatic heterocycles. The number of fused-ring (bicyclic) bond motifs is 1. The monoisotopic (exact) mass is 531 g/mol. The molecule has 0 saturated carbocycles. The number of hydrogen-bond donors (Lipinski definition) is 2. The molecule has 192 valence electrons. The van der Waals surface area contributed by atoms with E-state index >= 15 is 0 Å². The van der Waals surface area contributed by atoms with Crippen LogP contribution < -0.4 is 18.9 Å². The van der Waals surface area contributed by atoms with E-state index in [-0.39, 0.29) is 39.0 Å². The molecule has 4 aromatic rings. The van der Waals surface area contributed by atoms with Crippen molar-refractivity contribution in [1.29, 1.82) is 0 Å². The maximum Gasteiger partial charge on any atom is 0.272 e. The first-order chi connectivity index (χ1) is 17.2. The largest absolute Gasteiger partial charge is 0.478 e. The number of sulfonamides is 1. The van der Waals surface area contributed by atoms with Crippen LogP contribution in [0, 0.1) is 0 Å². The van der Waals surface area contributed by atoms with Gasteiger partial charge in [0.15, 0.2) is 0 Å². The van der Waals surface area contributed by atoms with Gasteiger partial charge in [-0.25, -0.2) is 30.7 Å². The van der Waals surface area contributed by atoms with Gasteiger partial charge in [0.05, 0.1) is 32.1 Å². The van der Waals surface area contributed by atoms with E-state index in [0.717, 1.165) is 31.3 Å². The summed E-state index contributed by atoms with van der Waals surface area (Å²) in [6.45, 7) is -1.01. The Morgan fingerprint density at radius 2 is 1.69 bits per heavy atom. The zero-order valence-electron chi connectivity index (χ0n) is 18.4. The van der Waals surface area contributed by atoms with E-state index in [1.807, 2.05) is 0 Å². The lowest BCUT2D eigenvalue weighted by atomic mass is 10.1. The van der Waals surface area contributed by atoms with Crippen LogP contribution in [-0.2, 0) is 10.0 Å². The third-order valence-corrected chi connectivity index (χ3v) is 6.10. The third-order valence-electron chi connectivity index (χ3n) is 4.73. The summed E-state index contributed by atoms with van der Waals surface area (Å²) in [5, 5.41) is 7.79. The Balaban J connectivity index is 1.76. The number of ether oxygens (including phenoxy) is 3. The molecule has 0 aliphatic heterocycles. The van der Waals surface area contributed by atoms with E-state index in [4.69, 9.17) is 14.2 Å². The molecule has 0 unspecified atom stereocenters. The van der Waals surface area contributed by atoms with E-state index in [9.17, 15) is 26.0 Å². The Kier molecular flexibility index (Phi) is 6.82.